The van der Waals surface area contributed by atoms with Crippen molar-refractivity contribution in [1.29, 1.82) is 0 Å². The molecular weight excluding hydrogens is 212 g/mol. The van der Waals surface area contributed by atoms with Crippen LogP contribution in [0.15, 0.2) is 11.4 Å². The molecule has 0 aromatic rings. The minimum Gasteiger partial charge on any atom is -0.378 e. The van der Waals surface area contributed by atoms with Crippen molar-refractivity contribution in [2.45, 2.75) is 38.7 Å². The zero-order chi connectivity index (χ0) is 11.2. The highest BCUT2D eigenvalue weighted by Crippen LogP contribution is 2.11. The van der Waals surface area contributed by atoms with Gasteiger partial charge in [0, 0.05) is 13.1 Å². The van der Waals surface area contributed by atoms with Gasteiger partial charge in [0.2, 0.25) is 0 Å². The molecule has 0 aromatic heterocycles. The smallest absolute Gasteiger partial charge is 0.0523 e. The summed E-state index contributed by atoms with van der Waals surface area (Å²) in [6.45, 7) is 9.06. The Bertz CT molecular complexity index is 228. The van der Waals surface area contributed by atoms with Crippen LogP contribution in [0.25, 0.3) is 0 Å². The summed E-state index contributed by atoms with van der Waals surface area (Å²) in [5, 5.41) is 1.71. The van der Waals surface area contributed by atoms with Crippen LogP contribution in [0, 0.1) is 0 Å². The topological polar surface area (TPSA) is 6.48 Å². The Morgan fingerprint density at radius 2 is 1.69 bits per heavy atom. The van der Waals surface area contributed by atoms with Crippen LogP contribution < -0.4 is 0 Å². The number of hydrogen-bond acceptors (Lipinski definition) is 2. The van der Waals surface area contributed by atoms with E-state index in [1.807, 2.05) is 0 Å². The molecule has 0 aromatic carbocycles. The first-order valence-corrected chi connectivity index (χ1v) is 8.69. The molecule has 2 aliphatic rings. The lowest BCUT2D eigenvalue weighted by molar-refractivity contribution is 0.358. The number of allylic oxidation sites excluding steroid dienone is 1. The maximum atomic E-state index is 2.65. The monoisotopic (exact) mass is 238 g/mol. The molecule has 2 rings (SSSR count). The van der Waals surface area contributed by atoms with Gasteiger partial charge in [-0.2, -0.15) is 0 Å². The Balaban J connectivity index is 1.60. The van der Waals surface area contributed by atoms with E-state index in [0.717, 1.165) is 0 Å². The Hall–Kier alpha value is -0.283. The van der Waals surface area contributed by atoms with Crippen molar-refractivity contribution in [3.63, 3.8) is 0 Å². The van der Waals surface area contributed by atoms with E-state index in [1.165, 1.54) is 64.5 Å². The molecule has 2 aliphatic heterocycles. The summed E-state index contributed by atoms with van der Waals surface area (Å²) in [7, 11) is 0.0461. The predicted molar refractivity (Wildman–Crippen MR) is 73.6 cm³/mol. The number of likely N-dealkylation sites (tertiary alicyclic amines) is 2. The number of rotatable bonds is 5. The predicted octanol–water partition coefficient (Wildman–Crippen LogP) is 1.63. The molecule has 0 aliphatic carbocycles. The molecule has 0 unspecified atom stereocenters. The highest BCUT2D eigenvalue weighted by molar-refractivity contribution is 6.45. The molecule has 0 N–H and O–H groups in total. The van der Waals surface area contributed by atoms with E-state index in [2.05, 4.69) is 22.9 Å². The van der Waals surface area contributed by atoms with Crippen LogP contribution in [0.3, 0.4) is 0 Å². The van der Waals surface area contributed by atoms with Gasteiger partial charge >= 0.3 is 0 Å². The van der Waals surface area contributed by atoms with Crippen LogP contribution in [0.4, 0.5) is 0 Å². The highest BCUT2D eigenvalue weighted by Gasteiger charge is 2.11. The maximum absolute atomic E-state index is 2.65. The van der Waals surface area contributed by atoms with Gasteiger partial charge in [0.1, 0.15) is 0 Å². The number of nitrogens with zero attached hydrogens (tertiary/aromatic N) is 2. The Kier molecular flexibility index (Phi) is 4.91. The van der Waals surface area contributed by atoms with E-state index < -0.39 is 0 Å². The quantitative estimate of drug-likeness (QED) is 0.672. The molecule has 2 heterocycles. The average Bonchev–Trinajstić information content (AvgIpc) is 2.90. The van der Waals surface area contributed by atoms with E-state index in [1.54, 1.807) is 5.20 Å². The molecule has 92 valence electrons. The molecule has 2 nitrogen and oxygen atoms in total. The molecule has 3 heteroatoms. The molecule has 0 atom stereocenters. The fourth-order valence-corrected chi connectivity index (χ4v) is 4.38. The van der Waals surface area contributed by atoms with Crippen LogP contribution in [0.1, 0.15) is 32.6 Å². The van der Waals surface area contributed by atoms with Crippen molar-refractivity contribution in [2.75, 3.05) is 32.7 Å². The summed E-state index contributed by atoms with van der Waals surface area (Å²) < 4.78 is 0. The molecule has 0 saturated carbocycles. The second-order valence-corrected chi connectivity index (χ2v) is 7.69. The first kappa shape index (κ1) is 12.2. The van der Waals surface area contributed by atoms with Gasteiger partial charge in [-0.3, -0.25) is 0 Å². The fourth-order valence-electron chi connectivity index (χ4n) is 2.83. The standard InChI is InChI=1S/C13H26N2Si/c1-13(12-15-8-4-5-9-15)16-11-10-14-6-2-3-7-14/h12H,2-11,16H2,1H3. The molecule has 0 radical (unpaired) electrons. The molecule has 0 bridgehead atoms. The van der Waals surface area contributed by atoms with Crippen LogP contribution in [-0.2, 0) is 0 Å². The average molecular weight is 238 g/mol. The first-order chi connectivity index (χ1) is 7.84. The largest absolute Gasteiger partial charge is 0.378 e. The van der Waals surface area contributed by atoms with E-state index in [9.17, 15) is 0 Å². The van der Waals surface area contributed by atoms with Gasteiger partial charge in [-0.25, -0.2) is 0 Å². The van der Waals surface area contributed by atoms with E-state index in [-0.39, 0.29) is 9.52 Å². The summed E-state index contributed by atoms with van der Waals surface area (Å²) in [5.41, 5.74) is 0. The molecule has 2 fully saturated rings. The summed E-state index contributed by atoms with van der Waals surface area (Å²) in [5.74, 6) is 0. The SMILES string of the molecule is CC(=CN1CCCC1)[SiH2]CCN1CCCC1. The van der Waals surface area contributed by atoms with Gasteiger partial charge in [0.25, 0.3) is 0 Å². The lowest BCUT2D eigenvalue weighted by Crippen LogP contribution is -2.21. The fraction of sp³-hybridized carbons (Fsp3) is 0.846. The number of hydrogen-bond donors (Lipinski definition) is 0. The second kappa shape index (κ2) is 6.45. The van der Waals surface area contributed by atoms with Crippen molar-refractivity contribution in [2.24, 2.45) is 0 Å². The van der Waals surface area contributed by atoms with Gasteiger partial charge < -0.3 is 9.80 Å². The van der Waals surface area contributed by atoms with Crippen LogP contribution in [0.2, 0.25) is 6.04 Å². The summed E-state index contributed by atoms with van der Waals surface area (Å²) in [4.78, 5) is 5.17. The van der Waals surface area contributed by atoms with Crippen LogP contribution in [-0.4, -0.2) is 52.0 Å². The molecule has 0 amide bonds. The van der Waals surface area contributed by atoms with Crippen molar-refractivity contribution < 1.29 is 0 Å². The van der Waals surface area contributed by atoms with Gasteiger partial charge in [0.15, 0.2) is 0 Å². The zero-order valence-corrected chi connectivity index (χ0v) is 12.2. The third-order valence-corrected chi connectivity index (χ3v) is 5.43. The Morgan fingerprint density at radius 3 is 2.38 bits per heavy atom. The minimum absolute atomic E-state index is 0.0461. The van der Waals surface area contributed by atoms with E-state index in [0.29, 0.717) is 0 Å². The molecular formula is C13H26N2Si. The molecule has 0 spiro atoms. The maximum Gasteiger partial charge on any atom is 0.0523 e. The molecule has 2 saturated heterocycles. The van der Waals surface area contributed by atoms with E-state index >= 15 is 0 Å². The lowest BCUT2D eigenvalue weighted by Gasteiger charge is -2.15. The third-order valence-electron chi connectivity index (χ3n) is 3.79. The Labute approximate surface area is 103 Å². The lowest BCUT2D eigenvalue weighted by atomic mass is 10.4. The first-order valence-electron chi connectivity index (χ1n) is 6.98. The Morgan fingerprint density at radius 1 is 1.06 bits per heavy atom. The normalized spacial score (nSPS) is 24.1. The van der Waals surface area contributed by atoms with Crippen LogP contribution >= 0.6 is 0 Å². The van der Waals surface area contributed by atoms with Crippen molar-refractivity contribution in [3.05, 3.63) is 11.4 Å². The van der Waals surface area contributed by atoms with Crippen molar-refractivity contribution in [3.8, 4) is 0 Å². The summed E-state index contributed by atoms with van der Waals surface area (Å²) in [6, 6.07) is 1.48. The highest BCUT2D eigenvalue weighted by atomic mass is 28.2. The third kappa shape index (κ3) is 3.94. The summed E-state index contributed by atoms with van der Waals surface area (Å²) in [6.07, 6.45) is 8.13. The second-order valence-electron chi connectivity index (χ2n) is 5.37. The summed E-state index contributed by atoms with van der Waals surface area (Å²) >= 11 is 0. The zero-order valence-electron chi connectivity index (χ0n) is 10.7. The van der Waals surface area contributed by atoms with Gasteiger partial charge in [-0.15, -0.1) is 0 Å². The van der Waals surface area contributed by atoms with Gasteiger partial charge in [0.05, 0.1) is 9.52 Å². The van der Waals surface area contributed by atoms with Gasteiger partial charge in [-0.05, 0) is 64.5 Å². The minimum atomic E-state index is 0.0461. The van der Waals surface area contributed by atoms with E-state index in [4.69, 9.17) is 0 Å². The van der Waals surface area contributed by atoms with Crippen LogP contribution in [0.5, 0.6) is 0 Å². The van der Waals surface area contributed by atoms with Crippen molar-refractivity contribution in [1.82, 2.24) is 9.80 Å². The van der Waals surface area contributed by atoms with Gasteiger partial charge in [-0.1, -0.05) is 5.20 Å². The molecule has 16 heavy (non-hydrogen) atoms. The van der Waals surface area contributed by atoms with Crippen molar-refractivity contribution >= 4 is 9.52 Å².